The molecule has 0 radical (unpaired) electrons. The second-order valence-electron chi connectivity index (χ2n) is 3.94. The normalized spacial score (nSPS) is 15.5. The lowest BCUT2D eigenvalue weighted by molar-refractivity contribution is -0.384. The van der Waals surface area contributed by atoms with E-state index in [9.17, 15) is 10.1 Å². The fourth-order valence-electron chi connectivity index (χ4n) is 1.95. The molecular formula is C11H15N3O4. The molecule has 0 saturated carbocycles. The second-order valence-corrected chi connectivity index (χ2v) is 3.94. The van der Waals surface area contributed by atoms with Gasteiger partial charge in [0.15, 0.2) is 0 Å². The number of benzene rings is 1. The number of rotatable bonds is 3. The predicted molar refractivity (Wildman–Crippen MR) is 67.1 cm³/mol. The van der Waals surface area contributed by atoms with E-state index < -0.39 is 4.92 Å². The summed E-state index contributed by atoms with van der Waals surface area (Å²) in [5.74, 6) is 0.446. The molecule has 0 spiro atoms. The molecule has 1 aliphatic heterocycles. The zero-order chi connectivity index (χ0) is 13.1. The van der Waals surface area contributed by atoms with Gasteiger partial charge in [0.05, 0.1) is 30.9 Å². The number of nitrogen functional groups attached to an aromatic ring is 1. The van der Waals surface area contributed by atoms with Crippen molar-refractivity contribution in [3.8, 4) is 5.75 Å². The number of nitrogens with zero attached hydrogens (tertiary/aromatic N) is 2. The fraction of sp³-hybridized carbons (Fsp3) is 0.455. The Morgan fingerprint density at radius 1 is 1.44 bits per heavy atom. The molecule has 2 rings (SSSR count). The van der Waals surface area contributed by atoms with Crippen LogP contribution in [0, 0.1) is 10.1 Å². The van der Waals surface area contributed by atoms with Gasteiger partial charge < -0.3 is 20.1 Å². The van der Waals surface area contributed by atoms with Crippen LogP contribution < -0.4 is 15.4 Å². The van der Waals surface area contributed by atoms with Crippen molar-refractivity contribution in [2.45, 2.75) is 0 Å². The molecule has 2 N–H and O–H groups in total. The van der Waals surface area contributed by atoms with Crippen molar-refractivity contribution >= 4 is 17.1 Å². The summed E-state index contributed by atoms with van der Waals surface area (Å²) in [6, 6.07) is 2.95. The van der Waals surface area contributed by atoms with Crippen LogP contribution in [0.4, 0.5) is 17.1 Å². The highest BCUT2D eigenvalue weighted by Crippen LogP contribution is 2.36. The van der Waals surface area contributed by atoms with Gasteiger partial charge >= 0.3 is 0 Å². The number of hydrogen-bond acceptors (Lipinski definition) is 6. The first kappa shape index (κ1) is 12.4. The zero-order valence-electron chi connectivity index (χ0n) is 10.1. The second kappa shape index (κ2) is 5.09. The minimum atomic E-state index is -0.430. The van der Waals surface area contributed by atoms with Crippen LogP contribution in [0.5, 0.6) is 5.75 Å². The van der Waals surface area contributed by atoms with E-state index in [1.807, 2.05) is 4.90 Å². The van der Waals surface area contributed by atoms with Gasteiger partial charge in [-0.3, -0.25) is 10.1 Å². The molecule has 0 amide bonds. The lowest BCUT2D eigenvalue weighted by Crippen LogP contribution is -2.36. The van der Waals surface area contributed by atoms with Crippen molar-refractivity contribution in [1.29, 1.82) is 0 Å². The average molecular weight is 253 g/mol. The molecule has 7 nitrogen and oxygen atoms in total. The summed E-state index contributed by atoms with van der Waals surface area (Å²) in [6.45, 7) is 2.36. The third-order valence-electron chi connectivity index (χ3n) is 2.88. The van der Waals surface area contributed by atoms with Crippen molar-refractivity contribution in [2.24, 2.45) is 0 Å². The molecule has 7 heteroatoms. The molecule has 98 valence electrons. The molecule has 0 atom stereocenters. The minimum absolute atomic E-state index is 0.00444. The Balaban J connectivity index is 2.44. The van der Waals surface area contributed by atoms with Crippen LogP contribution in [0.3, 0.4) is 0 Å². The van der Waals surface area contributed by atoms with Gasteiger partial charge in [-0.15, -0.1) is 0 Å². The summed E-state index contributed by atoms with van der Waals surface area (Å²) in [5.41, 5.74) is 6.48. The van der Waals surface area contributed by atoms with E-state index in [2.05, 4.69) is 0 Å². The number of anilines is 2. The molecule has 0 aliphatic carbocycles. The Bertz CT molecular complexity index is 458. The van der Waals surface area contributed by atoms with E-state index in [1.54, 1.807) is 6.07 Å². The Morgan fingerprint density at radius 3 is 2.67 bits per heavy atom. The summed E-state index contributed by atoms with van der Waals surface area (Å²) < 4.78 is 10.3. The Kier molecular flexibility index (Phi) is 3.52. The van der Waals surface area contributed by atoms with Gasteiger partial charge in [-0.25, -0.2) is 0 Å². The SMILES string of the molecule is COc1cc(N2CCOCC2)c([N+](=O)[O-])cc1N. The first-order chi connectivity index (χ1) is 8.63. The molecule has 1 aromatic carbocycles. The molecule has 1 heterocycles. The van der Waals surface area contributed by atoms with Crippen LogP contribution in [0.25, 0.3) is 0 Å². The van der Waals surface area contributed by atoms with Crippen molar-refractivity contribution in [1.82, 2.24) is 0 Å². The van der Waals surface area contributed by atoms with E-state index in [4.69, 9.17) is 15.2 Å². The lowest BCUT2D eigenvalue weighted by atomic mass is 10.2. The Hall–Kier alpha value is -2.02. The first-order valence-corrected chi connectivity index (χ1v) is 5.58. The largest absolute Gasteiger partial charge is 0.495 e. The van der Waals surface area contributed by atoms with Gasteiger partial charge in [-0.2, -0.15) is 0 Å². The van der Waals surface area contributed by atoms with Crippen LogP contribution in [-0.4, -0.2) is 38.3 Å². The molecule has 1 aliphatic rings. The number of methoxy groups -OCH3 is 1. The number of hydrogen-bond donors (Lipinski definition) is 1. The molecule has 1 aromatic rings. The summed E-state index contributed by atoms with van der Waals surface area (Å²) >= 11 is 0. The topological polar surface area (TPSA) is 90.9 Å². The van der Waals surface area contributed by atoms with Crippen molar-refractivity contribution in [3.63, 3.8) is 0 Å². The van der Waals surface area contributed by atoms with Gasteiger partial charge in [0.25, 0.3) is 5.69 Å². The predicted octanol–water partition coefficient (Wildman–Crippen LogP) is 1.02. The standard InChI is InChI=1S/C11H15N3O4/c1-17-11-7-9(13-2-4-18-5-3-13)10(14(15)16)6-8(11)12/h6-7H,2-5,12H2,1H3. The maximum Gasteiger partial charge on any atom is 0.294 e. The van der Waals surface area contributed by atoms with Gasteiger partial charge in [0.1, 0.15) is 11.4 Å². The van der Waals surface area contributed by atoms with E-state index in [-0.39, 0.29) is 11.4 Å². The van der Waals surface area contributed by atoms with Gasteiger partial charge in [0.2, 0.25) is 0 Å². The van der Waals surface area contributed by atoms with Gasteiger partial charge in [-0.1, -0.05) is 0 Å². The maximum absolute atomic E-state index is 11.1. The average Bonchev–Trinajstić information content (AvgIpc) is 2.39. The van der Waals surface area contributed by atoms with Crippen LogP contribution in [-0.2, 0) is 4.74 Å². The van der Waals surface area contributed by atoms with Gasteiger partial charge in [-0.05, 0) is 0 Å². The molecule has 0 aromatic heterocycles. The quantitative estimate of drug-likeness (QED) is 0.491. The van der Waals surface area contributed by atoms with E-state index in [1.165, 1.54) is 13.2 Å². The van der Waals surface area contributed by atoms with Crippen molar-refractivity contribution < 1.29 is 14.4 Å². The van der Waals surface area contributed by atoms with Crippen LogP contribution in [0.1, 0.15) is 0 Å². The number of nitrogens with two attached hydrogens (primary N) is 1. The van der Waals surface area contributed by atoms with Gasteiger partial charge in [0, 0.05) is 25.2 Å². The van der Waals surface area contributed by atoms with Crippen molar-refractivity contribution in [3.05, 3.63) is 22.2 Å². The summed E-state index contributed by atoms with van der Waals surface area (Å²) in [6.07, 6.45) is 0. The number of nitro groups is 1. The number of nitro benzene ring substituents is 1. The smallest absolute Gasteiger partial charge is 0.294 e. The maximum atomic E-state index is 11.1. The summed E-state index contributed by atoms with van der Waals surface area (Å²) in [7, 11) is 1.49. The molecule has 1 saturated heterocycles. The third-order valence-corrected chi connectivity index (χ3v) is 2.88. The Labute approximate surface area is 104 Å². The Morgan fingerprint density at radius 2 is 2.11 bits per heavy atom. The molecular weight excluding hydrogens is 238 g/mol. The van der Waals surface area contributed by atoms with Crippen LogP contribution >= 0.6 is 0 Å². The highest BCUT2D eigenvalue weighted by Gasteiger charge is 2.23. The van der Waals surface area contributed by atoms with Crippen LogP contribution in [0.15, 0.2) is 12.1 Å². The third kappa shape index (κ3) is 2.30. The summed E-state index contributed by atoms with van der Waals surface area (Å²) in [4.78, 5) is 12.5. The monoisotopic (exact) mass is 253 g/mol. The van der Waals surface area contributed by atoms with E-state index in [0.717, 1.165) is 0 Å². The molecule has 18 heavy (non-hydrogen) atoms. The van der Waals surface area contributed by atoms with E-state index in [0.29, 0.717) is 37.7 Å². The fourth-order valence-corrected chi connectivity index (χ4v) is 1.95. The number of morpholine rings is 1. The molecule has 1 fully saturated rings. The lowest BCUT2D eigenvalue weighted by Gasteiger charge is -2.28. The van der Waals surface area contributed by atoms with Crippen molar-refractivity contribution in [2.75, 3.05) is 44.0 Å². The number of ether oxygens (including phenoxy) is 2. The summed E-state index contributed by atoms with van der Waals surface area (Å²) in [5, 5.41) is 11.1. The van der Waals surface area contributed by atoms with Crippen LogP contribution in [0.2, 0.25) is 0 Å². The highest BCUT2D eigenvalue weighted by atomic mass is 16.6. The molecule has 0 bridgehead atoms. The minimum Gasteiger partial charge on any atom is -0.495 e. The molecule has 0 unspecified atom stereocenters. The van der Waals surface area contributed by atoms with E-state index >= 15 is 0 Å². The highest BCUT2D eigenvalue weighted by molar-refractivity contribution is 5.73. The first-order valence-electron chi connectivity index (χ1n) is 5.58. The zero-order valence-corrected chi connectivity index (χ0v) is 10.1.